The van der Waals surface area contributed by atoms with Crippen molar-refractivity contribution in [3.05, 3.63) is 76.0 Å². The summed E-state index contributed by atoms with van der Waals surface area (Å²) in [6.07, 6.45) is 1.32. The maximum absolute atomic E-state index is 12.2. The number of benzene rings is 2. The Morgan fingerprint density at radius 2 is 1.97 bits per heavy atom. The Morgan fingerprint density at radius 1 is 1.16 bits per heavy atom. The van der Waals surface area contributed by atoms with Gasteiger partial charge in [-0.15, -0.1) is 0 Å². The molecule has 2 N–H and O–H groups in total. The molecule has 10 nitrogen and oxygen atoms in total. The Morgan fingerprint density at radius 3 is 2.68 bits per heavy atom. The number of nitro benzene ring substituents is 1. The average Bonchev–Trinajstić information content (AvgIpc) is 3.21. The molecule has 10 heteroatoms. The van der Waals surface area contributed by atoms with E-state index in [0.717, 1.165) is 0 Å². The van der Waals surface area contributed by atoms with Crippen LogP contribution in [0, 0.1) is 10.1 Å². The van der Waals surface area contributed by atoms with E-state index in [1.54, 1.807) is 30.3 Å². The van der Waals surface area contributed by atoms with Gasteiger partial charge in [0, 0.05) is 24.2 Å². The molecule has 31 heavy (non-hydrogen) atoms. The Kier molecular flexibility index (Phi) is 6.41. The largest absolute Gasteiger partial charge is 0.496 e. The third-order valence-corrected chi connectivity index (χ3v) is 4.09. The Labute approximate surface area is 176 Å². The molecule has 0 aliphatic heterocycles. The minimum atomic E-state index is -0.513. The number of nitro groups is 1. The van der Waals surface area contributed by atoms with Gasteiger partial charge >= 0.3 is 0 Å². The summed E-state index contributed by atoms with van der Waals surface area (Å²) in [6, 6.07) is 13.9. The van der Waals surface area contributed by atoms with Crippen molar-refractivity contribution in [3.8, 4) is 17.1 Å². The molecule has 1 heterocycles. The lowest BCUT2D eigenvalue weighted by Gasteiger charge is -2.05. The van der Waals surface area contributed by atoms with Gasteiger partial charge in [-0.3, -0.25) is 19.7 Å². The van der Waals surface area contributed by atoms with E-state index in [4.69, 9.17) is 9.15 Å². The lowest BCUT2D eigenvalue weighted by atomic mass is 10.1. The van der Waals surface area contributed by atoms with Gasteiger partial charge < -0.3 is 14.5 Å². The first-order chi connectivity index (χ1) is 14.9. The lowest BCUT2D eigenvalue weighted by molar-refractivity contribution is -0.384. The highest BCUT2D eigenvalue weighted by atomic mass is 16.6. The molecule has 0 atom stereocenters. The summed E-state index contributed by atoms with van der Waals surface area (Å²) in [7, 11) is 1.41. The van der Waals surface area contributed by atoms with E-state index in [2.05, 4.69) is 15.8 Å². The number of carbonyl (C=O) groups excluding carboxylic acids is 2. The average molecular weight is 422 g/mol. The number of nitrogens with zero attached hydrogens (tertiary/aromatic N) is 2. The summed E-state index contributed by atoms with van der Waals surface area (Å²) < 4.78 is 10.9. The molecule has 0 spiro atoms. The topological polar surface area (TPSA) is 136 Å². The normalized spacial score (nSPS) is 10.6. The summed E-state index contributed by atoms with van der Waals surface area (Å²) >= 11 is 0. The van der Waals surface area contributed by atoms with E-state index in [9.17, 15) is 19.7 Å². The van der Waals surface area contributed by atoms with E-state index in [0.29, 0.717) is 34.1 Å². The molecule has 0 aliphatic rings. The maximum atomic E-state index is 12.2. The summed E-state index contributed by atoms with van der Waals surface area (Å²) in [4.78, 5) is 33.8. The standard InChI is InChI=1S/C21H18N4O6/c1-13(26)23-15-5-3-4-14(10-15)21(27)24-22-12-17-7-9-19(31-17)18-8-6-16(25(28)29)11-20(18)30-2/h3-12H,1-2H3,(H,23,26)(H,24,27). The highest BCUT2D eigenvalue weighted by molar-refractivity contribution is 5.97. The van der Waals surface area contributed by atoms with Crippen LogP contribution in [0.1, 0.15) is 23.0 Å². The minimum absolute atomic E-state index is 0.0979. The molecule has 3 aromatic rings. The minimum Gasteiger partial charge on any atom is -0.496 e. The Bertz CT molecular complexity index is 1170. The summed E-state index contributed by atoms with van der Waals surface area (Å²) in [5.74, 6) is 0.353. The van der Waals surface area contributed by atoms with Crippen molar-refractivity contribution in [1.29, 1.82) is 0 Å². The monoisotopic (exact) mass is 422 g/mol. The van der Waals surface area contributed by atoms with E-state index in [-0.39, 0.29) is 11.6 Å². The first-order valence-electron chi connectivity index (χ1n) is 9.01. The number of hydrogen-bond donors (Lipinski definition) is 2. The molecule has 0 saturated carbocycles. The molecule has 2 aromatic carbocycles. The number of methoxy groups -OCH3 is 1. The second kappa shape index (κ2) is 9.35. The summed E-state index contributed by atoms with van der Waals surface area (Å²) in [5.41, 5.74) is 3.63. The first kappa shape index (κ1) is 21.2. The fourth-order valence-electron chi connectivity index (χ4n) is 2.72. The zero-order valence-corrected chi connectivity index (χ0v) is 16.6. The van der Waals surface area contributed by atoms with Crippen molar-refractivity contribution in [2.75, 3.05) is 12.4 Å². The quantitative estimate of drug-likeness (QED) is 0.339. The zero-order valence-electron chi connectivity index (χ0n) is 16.6. The number of nitrogens with one attached hydrogen (secondary N) is 2. The molecular weight excluding hydrogens is 404 g/mol. The van der Waals surface area contributed by atoms with Crippen LogP contribution in [0.25, 0.3) is 11.3 Å². The highest BCUT2D eigenvalue weighted by Crippen LogP contribution is 2.34. The molecule has 0 unspecified atom stereocenters. The van der Waals surface area contributed by atoms with Gasteiger partial charge in [0.1, 0.15) is 17.3 Å². The molecule has 0 radical (unpaired) electrons. The lowest BCUT2D eigenvalue weighted by Crippen LogP contribution is -2.18. The third kappa shape index (κ3) is 5.32. The predicted molar refractivity (Wildman–Crippen MR) is 113 cm³/mol. The smallest absolute Gasteiger partial charge is 0.273 e. The van der Waals surface area contributed by atoms with Crippen LogP contribution in [0.3, 0.4) is 0 Å². The molecule has 0 fully saturated rings. The Balaban J connectivity index is 1.69. The number of hydrogen-bond acceptors (Lipinski definition) is 7. The molecule has 1 aromatic heterocycles. The molecule has 3 rings (SSSR count). The van der Waals surface area contributed by atoms with E-state index >= 15 is 0 Å². The van der Waals surface area contributed by atoms with Crippen molar-refractivity contribution in [1.82, 2.24) is 5.43 Å². The van der Waals surface area contributed by atoms with Crippen LogP contribution in [0.5, 0.6) is 5.75 Å². The second-order valence-corrected chi connectivity index (χ2v) is 6.30. The fraction of sp³-hybridized carbons (Fsp3) is 0.0952. The Hall–Kier alpha value is -4.47. The number of rotatable bonds is 7. The van der Waals surface area contributed by atoms with Crippen molar-refractivity contribution in [2.45, 2.75) is 6.92 Å². The second-order valence-electron chi connectivity index (χ2n) is 6.30. The van der Waals surface area contributed by atoms with Gasteiger partial charge in [0.05, 0.1) is 29.9 Å². The first-order valence-corrected chi connectivity index (χ1v) is 9.01. The van der Waals surface area contributed by atoms with Crippen molar-refractivity contribution < 1.29 is 23.7 Å². The molecule has 2 amide bonds. The van der Waals surface area contributed by atoms with E-state index in [1.165, 1.54) is 44.5 Å². The van der Waals surface area contributed by atoms with Crippen molar-refractivity contribution in [3.63, 3.8) is 0 Å². The molecule has 158 valence electrons. The number of non-ortho nitro benzene ring substituents is 1. The van der Waals surface area contributed by atoms with Crippen LogP contribution in [0.4, 0.5) is 11.4 Å². The molecule has 0 saturated heterocycles. The highest BCUT2D eigenvalue weighted by Gasteiger charge is 2.15. The van der Waals surface area contributed by atoms with Crippen LogP contribution in [-0.2, 0) is 4.79 Å². The predicted octanol–water partition coefficient (Wildman–Crippen LogP) is 3.59. The van der Waals surface area contributed by atoms with Gasteiger partial charge in [0.2, 0.25) is 5.91 Å². The van der Waals surface area contributed by atoms with E-state index < -0.39 is 10.8 Å². The van der Waals surface area contributed by atoms with Crippen LogP contribution in [0.15, 0.2) is 64.1 Å². The van der Waals surface area contributed by atoms with Crippen LogP contribution in [0.2, 0.25) is 0 Å². The van der Waals surface area contributed by atoms with Gasteiger partial charge in [-0.2, -0.15) is 5.10 Å². The van der Waals surface area contributed by atoms with Gasteiger partial charge in [-0.1, -0.05) is 6.07 Å². The van der Waals surface area contributed by atoms with Gasteiger partial charge in [0.15, 0.2) is 0 Å². The summed E-state index contributed by atoms with van der Waals surface area (Å²) in [6.45, 7) is 1.38. The third-order valence-electron chi connectivity index (χ3n) is 4.09. The van der Waals surface area contributed by atoms with Crippen molar-refractivity contribution in [2.24, 2.45) is 5.10 Å². The van der Waals surface area contributed by atoms with Gasteiger partial charge in [-0.05, 0) is 36.4 Å². The number of anilines is 1. The van der Waals surface area contributed by atoms with Crippen LogP contribution < -0.4 is 15.5 Å². The molecule has 0 bridgehead atoms. The SMILES string of the molecule is COc1cc([N+](=O)[O-])ccc1-c1ccc(C=NNC(=O)c2cccc(NC(C)=O)c2)o1. The molecule has 0 aliphatic carbocycles. The maximum Gasteiger partial charge on any atom is 0.273 e. The number of hydrazone groups is 1. The van der Waals surface area contributed by atoms with Gasteiger partial charge in [-0.25, -0.2) is 5.43 Å². The van der Waals surface area contributed by atoms with Crippen molar-refractivity contribution >= 4 is 29.4 Å². The number of furan rings is 1. The van der Waals surface area contributed by atoms with Crippen LogP contribution in [-0.4, -0.2) is 30.1 Å². The number of carbonyl (C=O) groups is 2. The molecular formula is C21H18N4O6. The zero-order chi connectivity index (χ0) is 22.4. The van der Waals surface area contributed by atoms with Crippen LogP contribution >= 0.6 is 0 Å². The number of ether oxygens (including phenoxy) is 1. The fourth-order valence-corrected chi connectivity index (χ4v) is 2.72. The number of amides is 2. The van der Waals surface area contributed by atoms with Gasteiger partial charge in [0.25, 0.3) is 11.6 Å². The summed E-state index contributed by atoms with van der Waals surface area (Å²) in [5, 5.41) is 17.4. The van der Waals surface area contributed by atoms with E-state index in [1.807, 2.05) is 0 Å².